The Morgan fingerprint density at radius 1 is 1.50 bits per heavy atom. The number of esters is 1. The maximum absolute atomic E-state index is 11.8. The van der Waals surface area contributed by atoms with Crippen LogP contribution in [0.3, 0.4) is 0 Å². The molecule has 9 heteroatoms. The summed E-state index contributed by atoms with van der Waals surface area (Å²) in [4.78, 5) is 11.1. The van der Waals surface area contributed by atoms with Crippen LogP contribution < -0.4 is 4.72 Å². The number of carbonyl (C=O) groups excluding carboxylic acids is 1. The highest BCUT2D eigenvalue weighted by Gasteiger charge is 2.13. The first-order chi connectivity index (χ1) is 10.4. The van der Waals surface area contributed by atoms with Gasteiger partial charge in [-0.05, 0) is 18.8 Å². The van der Waals surface area contributed by atoms with Crippen molar-refractivity contribution < 1.29 is 17.9 Å². The van der Waals surface area contributed by atoms with Crippen LogP contribution in [0.2, 0.25) is 0 Å². The summed E-state index contributed by atoms with van der Waals surface area (Å²) in [7, 11) is -1.90. The molecule has 126 valence electrons. The third-order valence-corrected chi connectivity index (χ3v) is 4.89. The van der Waals surface area contributed by atoms with Crippen LogP contribution in [-0.2, 0) is 32.5 Å². The lowest BCUT2D eigenvalue weighted by Gasteiger charge is -2.10. The van der Waals surface area contributed by atoms with Crippen LogP contribution in [-0.4, -0.2) is 48.8 Å². The molecule has 0 aliphatic carbocycles. The number of nitrogens with one attached hydrogen (secondary N) is 1. The molecule has 1 rings (SSSR count). The third-order valence-electron chi connectivity index (χ3n) is 3.24. The molecule has 1 aromatic heterocycles. The van der Waals surface area contributed by atoms with Gasteiger partial charge in [0.2, 0.25) is 10.0 Å². The summed E-state index contributed by atoms with van der Waals surface area (Å²) in [5.74, 6) is -0.0938. The van der Waals surface area contributed by atoms with Gasteiger partial charge in [0.05, 0.1) is 18.6 Å². The zero-order valence-corrected chi connectivity index (χ0v) is 14.1. The molecule has 0 saturated heterocycles. The summed E-state index contributed by atoms with van der Waals surface area (Å²) >= 11 is 0. The van der Waals surface area contributed by atoms with Crippen molar-refractivity contribution >= 4 is 16.0 Å². The molecule has 0 spiro atoms. The molecule has 0 aliphatic rings. The number of hydrogen-bond acceptors (Lipinski definition) is 6. The number of sulfonamides is 1. The van der Waals surface area contributed by atoms with Gasteiger partial charge in [-0.3, -0.25) is 4.79 Å². The van der Waals surface area contributed by atoms with Gasteiger partial charge in [0.1, 0.15) is 6.54 Å². The van der Waals surface area contributed by atoms with Gasteiger partial charge in [0.25, 0.3) is 0 Å². The molecule has 1 N–H and O–H groups in total. The number of nitrogens with zero attached hydrogens (tertiary/aromatic N) is 3. The minimum absolute atomic E-state index is 0.0189. The molecule has 0 fully saturated rings. The molecule has 22 heavy (non-hydrogen) atoms. The Morgan fingerprint density at radius 3 is 2.86 bits per heavy atom. The SMILES string of the molecule is CCC(C)CS(=O)(=O)NCCCc1cn(CC(=O)OC)nn1. The van der Waals surface area contributed by atoms with Crippen molar-refractivity contribution in [1.82, 2.24) is 19.7 Å². The standard InChI is InChI=1S/C13H24N4O4S/c1-4-11(2)10-22(19,20)14-7-5-6-12-8-17(16-15-12)9-13(18)21-3/h8,11,14H,4-7,9-10H2,1-3H3. The number of ether oxygens (including phenoxy) is 1. The van der Waals surface area contributed by atoms with Crippen molar-refractivity contribution in [3.63, 3.8) is 0 Å². The van der Waals surface area contributed by atoms with Gasteiger partial charge in [0.15, 0.2) is 0 Å². The molecule has 1 unspecified atom stereocenters. The molecule has 1 atom stereocenters. The second-order valence-corrected chi connectivity index (χ2v) is 7.13. The van der Waals surface area contributed by atoms with Gasteiger partial charge in [-0.25, -0.2) is 17.8 Å². The maximum atomic E-state index is 11.8. The third kappa shape index (κ3) is 6.99. The van der Waals surface area contributed by atoms with E-state index >= 15 is 0 Å². The molecule has 0 bridgehead atoms. The summed E-state index contributed by atoms with van der Waals surface area (Å²) < 4.78 is 32.1. The summed E-state index contributed by atoms with van der Waals surface area (Å²) in [6.45, 7) is 4.27. The van der Waals surface area contributed by atoms with Crippen molar-refractivity contribution in [3.05, 3.63) is 11.9 Å². The quantitative estimate of drug-likeness (QED) is 0.490. The average molecular weight is 332 g/mol. The van der Waals surface area contributed by atoms with E-state index in [1.54, 1.807) is 6.20 Å². The Kier molecular flexibility index (Phi) is 7.46. The number of aryl methyl sites for hydroxylation is 1. The largest absolute Gasteiger partial charge is 0.468 e. The molecular weight excluding hydrogens is 308 g/mol. The normalized spacial score (nSPS) is 13.0. The Balaban J connectivity index is 2.31. The maximum Gasteiger partial charge on any atom is 0.327 e. The van der Waals surface area contributed by atoms with Gasteiger partial charge in [-0.15, -0.1) is 5.10 Å². The molecule has 1 heterocycles. The Bertz CT molecular complexity index is 570. The number of carbonyl (C=O) groups is 1. The van der Waals surface area contributed by atoms with E-state index in [-0.39, 0.29) is 18.2 Å². The van der Waals surface area contributed by atoms with Crippen molar-refractivity contribution in [1.29, 1.82) is 0 Å². The van der Waals surface area contributed by atoms with E-state index in [0.29, 0.717) is 25.1 Å². The second-order valence-electron chi connectivity index (χ2n) is 5.28. The average Bonchev–Trinajstić information content (AvgIpc) is 2.90. The summed E-state index contributed by atoms with van der Waals surface area (Å²) in [6, 6.07) is 0. The van der Waals surface area contributed by atoms with Crippen LogP contribution in [0.1, 0.15) is 32.4 Å². The summed E-state index contributed by atoms with van der Waals surface area (Å²) in [5.41, 5.74) is 0.713. The van der Waals surface area contributed by atoms with E-state index in [1.807, 2.05) is 13.8 Å². The number of rotatable bonds is 10. The minimum atomic E-state index is -3.21. The lowest BCUT2D eigenvalue weighted by molar-refractivity contribution is -0.141. The molecule has 0 saturated carbocycles. The number of aromatic nitrogens is 3. The van der Waals surface area contributed by atoms with E-state index in [2.05, 4.69) is 19.8 Å². The molecule has 0 aliphatic heterocycles. The number of methoxy groups -OCH3 is 1. The van der Waals surface area contributed by atoms with E-state index in [9.17, 15) is 13.2 Å². The molecule has 0 radical (unpaired) electrons. The van der Waals surface area contributed by atoms with Gasteiger partial charge in [-0.2, -0.15) is 0 Å². The van der Waals surface area contributed by atoms with Crippen molar-refractivity contribution in [2.45, 2.75) is 39.7 Å². The van der Waals surface area contributed by atoms with Crippen molar-refractivity contribution in [2.24, 2.45) is 5.92 Å². The predicted octanol–water partition coefficient (Wildman–Crippen LogP) is 0.349. The first-order valence-corrected chi connectivity index (χ1v) is 8.94. The molecule has 1 aromatic rings. The fourth-order valence-corrected chi connectivity index (χ4v) is 3.33. The highest BCUT2D eigenvalue weighted by atomic mass is 32.2. The predicted molar refractivity (Wildman–Crippen MR) is 81.6 cm³/mol. The fourth-order valence-electron chi connectivity index (χ4n) is 1.78. The smallest absolute Gasteiger partial charge is 0.327 e. The minimum Gasteiger partial charge on any atom is -0.468 e. The van der Waals surface area contributed by atoms with E-state index in [1.165, 1.54) is 11.8 Å². The monoisotopic (exact) mass is 332 g/mol. The zero-order valence-electron chi connectivity index (χ0n) is 13.3. The van der Waals surface area contributed by atoms with Crippen molar-refractivity contribution in [2.75, 3.05) is 19.4 Å². The van der Waals surface area contributed by atoms with Crippen LogP contribution in [0.4, 0.5) is 0 Å². The topological polar surface area (TPSA) is 103 Å². The molecular formula is C13H24N4O4S. The Morgan fingerprint density at radius 2 is 2.23 bits per heavy atom. The second kappa shape index (κ2) is 8.84. The fraction of sp³-hybridized carbons (Fsp3) is 0.769. The Hall–Kier alpha value is -1.48. The van der Waals surface area contributed by atoms with Gasteiger partial charge in [0, 0.05) is 12.7 Å². The number of hydrogen-bond donors (Lipinski definition) is 1. The summed E-state index contributed by atoms with van der Waals surface area (Å²) in [5, 5.41) is 7.74. The van der Waals surface area contributed by atoms with Crippen molar-refractivity contribution in [3.8, 4) is 0 Å². The molecule has 0 amide bonds. The van der Waals surface area contributed by atoms with Gasteiger partial charge < -0.3 is 4.74 Å². The van der Waals surface area contributed by atoms with E-state index in [0.717, 1.165) is 6.42 Å². The van der Waals surface area contributed by atoms with Crippen LogP contribution in [0.5, 0.6) is 0 Å². The lowest BCUT2D eigenvalue weighted by Crippen LogP contribution is -2.30. The first-order valence-electron chi connectivity index (χ1n) is 7.29. The van der Waals surface area contributed by atoms with Crippen LogP contribution >= 0.6 is 0 Å². The zero-order chi connectivity index (χ0) is 16.6. The van der Waals surface area contributed by atoms with Crippen LogP contribution in [0, 0.1) is 5.92 Å². The lowest BCUT2D eigenvalue weighted by atomic mass is 10.2. The van der Waals surface area contributed by atoms with Crippen LogP contribution in [0.25, 0.3) is 0 Å². The Labute approximate surface area is 131 Å². The highest BCUT2D eigenvalue weighted by Crippen LogP contribution is 2.04. The van der Waals surface area contributed by atoms with Gasteiger partial charge >= 0.3 is 5.97 Å². The van der Waals surface area contributed by atoms with Gasteiger partial charge in [-0.1, -0.05) is 25.5 Å². The molecule has 8 nitrogen and oxygen atoms in total. The summed E-state index contributed by atoms with van der Waals surface area (Å²) in [6.07, 6.45) is 3.71. The molecule has 0 aromatic carbocycles. The van der Waals surface area contributed by atoms with E-state index in [4.69, 9.17) is 0 Å². The highest BCUT2D eigenvalue weighted by molar-refractivity contribution is 7.89. The first kappa shape index (κ1) is 18.6. The van der Waals surface area contributed by atoms with E-state index < -0.39 is 16.0 Å². The van der Waals surface area contributed by atoms with Crippen LogP contribution in [0.15, 0.2) is 6.20 Å².